The molecular weight excluding hydrogens is 266 g/mol. The minimum atomic E-state index is -0.287. The molecule has 0 fully saturated rings. The third kappa shape index (κ3) is 4.16. The van der Waals surface area contributed by atoms with Crippen molar-refractivity contribution in [2.24, 2.45) is 5.73 Å². The van der Waals surface area contributed by atoms with E-state index in [2.05, 4.69) is 5.10 Å². The highest BCUT2D eigenvalue weighted by atomic mass is 16.5. The Hall–Kier alpha value is -2.14. The number of hydrogen-bond donors (Lipinski definition) is 1. The molecule has 1 heterocycles. The highest BCUT2D eigenvalue weighted by Crippen LogP contribution is 2.18. The number of ether oxygens (including phenoxy) is 1. The lowest BCUT2D eigenvalue weighted by molar-refractivity contribution is 0.242. The Labute approximate surface area is 124 Å². The summed E-state index contributed by atoms with van der Waals surface area (Å²) in [5, 5.41) is 4.19. The van der Waals surface area contributed by atoms with Gasteiger partial charge in [0.1, 0.15) is 5.75 Å². The van der Waals surface area contributed by atoms with E-state index in [9.17, 15) is 4.79 Å². The quantitative estimate of drug-likeness (QED) is 0.913. The fourth-order valence-corrected chi connectivity index (χ4v) is 2.04. The van der Waals surface area contributed by atoms with E-state index >= 15 is 0 Å². The highest BCUT2D eigenvalue weighted by molar-refractivity contribution is 5.29. The van der Waals surface area contributed by atoms with E-state index in [-0.39, 0.29) is 17.7 Å². The molecule has 0 aliphatic heterocycles. The van der Waals surface area contributed by atoms with E-state index in [0.717, 1.165) is 17.0 Å². The first kappa shape index (κ1) is 15.3. The predicted octanol–water partition coefficient (Wildman–Crippen LogP) is 2.04. The molecule has 0 amide bonds. The lowest BCUT2D eigenvalue weighted by atomic mass is 10.1. The number of rotatable bonds is 5. The van der Waals surface area contributed by atoms with Crippen molar-refractivity contribution in [3.63, 3.8) is 0 Å². The van der Waals surface area contributed by atoms with Crippen LogP contribution in [0.25, 0.3) is 0 Å². The molecule has 5 nitrogen and oxygen atoms in total. The summed E-state index contributed by atoms with van der Waals surface area (Å²) in [5.74, 6) is 0.812. The van der Waals surface area contributed by atoms with Crippen LogP contribution in [-0.2, 0) is 6.54 Å². The number of nitrogens with two attached hydrogens (primary N) is 1. The Balaban J connectivity index is 2.11. The van der Waals surface area contributed by atoms with E-state index in [1.165, 1.54) is 10.7 Å². The fourth-order valence-electron chi connectivity index (χ4n) is 2.04. The first-order valence-electron chi connectivity index (χ1n) is 7.02. The number of nitrogens with zero attached hydrogens (tertiary/aromatic N) is 2. The first-order chi connectivity index (χ1) is 9.95. The lowest BCUT2D eigenvalue weighted by Gasteiger charge is -2.15. The largest absolute Gasteiger partial charge is 0.491 e. The van der Waals surface area contributed by atoms with Gasteiger partial charge in [0.15, 0.2) is 0 Å². The van der Waals surface area contributed by atoms with Crippen molar-refractivity contribution in [2.75, 3.05) is 0 Å². The summed E-state index contributed by atoms with van der Waals surface area (Å²) < 4.78 is 6.99. The molecule has 21 heavy (non-hydrogen) atoms. The van der Waals surface area contributed by atoms with Gasteiger partial charge < -0.3 is 10.5 Å². The van der Waals surface area contributed by atoms with Crippen LogP contribution in [0.1, 0.15) is 31.1 Å². The molecule has 0 aliphatic rings. The number of aryl methyl sites for hydroxylation is 1. The molecule has 2 N–H and O–H groups in total. The van der Waals surface area contributed by atoms with Gasteiger partial charge >= 0.3 is 0 Å². The maximum absolute atomic E-state index is 11.7. The molecule has 1 aromatic carbocycles. The summed E-state index contributed by atoms with van der Waals surface area (Å²) >= 11 is 0. The van der Waals surface area contributed by atoms with Gasteiger partial charge in [-0.3, -0.25) is 4.79 Å². The average molecular weight is 287 g/mol. The zero-order valence-corrected chi connectivity index (χ0v) is 12.6. The van der Waals surface area contributed by atoms with Crippen molar-refractivity contribution in [2.45, 2.75) is 39.5 Å². The predicted molar refractivity (Wildman–Crippen MR) is 82.4 cm³/mol. The van der Waals surface area contributed by atoms with Gasteiger partial charge in [-0.15, -0.1) is 0 Å². The van der Waals surface area contributed by atoms with Crippen LogP contribution < -0.4 is 16.0 Å². The van der Waals surface area contributed by atoms with Crippen LogP contribution in [0.5, 0.6) is 5.75 Å². The van der Waals surface area contributed by atoms with Gasteiger partial charge in [0.2, 0.25) is 0 Å². The summed E-state index contributed by atoms with van der Waals surface area (Å²) in [7, 11) is 0. The monoisotopic (exact) mass is 287 g/mol. The molecule has 0 aliphatic carbocycles. The zero-order valence-electron chi connectivity index (χ0n) is 12.6. The van der Waals surface area contributed by atoms with Crippen molar-refractivity contribution in [3.05, 3.63) is 58.0 Å². The van der Waals surface area contributed by atoms with E-state index in [1.54, 1.807) is 6.07 Å². The van der Waals surface area contributed by atoms with Gasteiger partial charge in [0, 0.05) is 12.1 Å². The van der Waals surface area contributed by atoms with Crippen LogP contribution in [-0.4, -0.2) is 15.9 Å². The van der Waals surface area contributed by atoms with Crippen LogP contribution >= 0.6 is 0 Å². The van der Waals surface area contributed by atoms with Crippen molar-refractivity contribution in [3.8, 4) is 5.75 Å². The highest BCUT2D eigenvalue weighted by Gasteiger charge is 2.09. The molecule has 0 radical (unpaired) electrons. The average Bonchev–Trinajstić information content (AvgIpc) is 2.43. The van der Waals surface area contributed by atoms with E-state index in [4.69, 9.17) is 10.5 Å². The van der Waals surface area contributed by atoms with E-state index < -0.39 is 0 Å². The molecule has 112 valence electrons. The Morgan fingerprint density at radius 3 is 2.48 bits per heavy atom. The van der Waals surface area contributed by atoms with Gasteiger partial charge in [-0.25, -0.2) is 4.68 Å². The molecule has 0 saturated carbocycles. The van der Waals surface area contributed by atoms with Crippen molar-refractivity contribution >= 4 is 0 Å². The van der Waals surface area contributed by atoms with E-state index in [1.807, 2.05) is 45.0 Å². The lowest BCUT2D eigenvalue weighted by Crippen LogP contribution is -2.28. The van der Waals surface area contributed by atoms with Gasteiger partial charge in [0.05, 0.1) is 18.3 Å². The Morgan fingerprint density at radius 2 is 1.86 bits per heavy atom. The molecule has 2 rings (SSSR count). The third-order valence-electron chi connectivity index (χ3n) is 3.05. The molecule has 5 heteroatoms. The van der Waals surface area contributed by atoms with Gasteiger partial charge in [-0.2, -0.15) is 5.10 Å². The van der Waals surface area contributed by atoms with Crippen molar-refractivity contribution in [1.29, 1.82) is 0 Å². The minimum Gasteiger partial charge on any atom is -0.491 e. The third-order valence-corrected chi connectivity index (χ3v) is 3.05. The summed E-state index contributed by atoms with van der Waals surface area (Å²) in [6.45, 7) is 6.16. The summed E-state index contributed by atoms with van der Waals surface area (Å²) in [4.78, 5) is 11.7. The topological polar surface area (TPSA) is 70.1 Å². The number of aromatic nitrogens is 2. The molecule has 0 saturated heterocycles. The minimum absolute atomic E-state index is 0.139. The zero-order chi connectivity index (χ0) is 15.4. The van der Waals surface area contributed by atoms with Crippen LogP contribution in [0.15, 0.2) is 41.2 Å². The summed E-state index contributed by atoms with van der Waals surface area (Å²) in [5.41, 5.74) is 7.75. The molecule has 1 atom stereocenters. The number of benzene rings is 1. The molecule has 1 aromatic heterocycles. The van der Waals surface area contributed by atoms with Gasteiger partial charge in [0.25, 0.3) is 5.56 Å². The van der Waals surface area contributed by atoms with E-state index in [0.29, 0.717) is 6.54 Å². The van der Waals surface area contributed by atoms with Crippen LogP contribution in [0.3, 0.4) is 0 Å². The standard InChI is InChI=1S/C16H21N3O2/c1-11(2)21-14-7-5-13(6-8-14)15(17)10-19-16(20)9-4-12(3)18-19/h4-9,11,15H,10,17H2,1-3H3. The molecule has 2 aromatic rings. The maximum Gasteiger partial charge on any atom is 0.266 e. The van der Waals surface area contributed by atoms with Crippen LogP contribution in [0, 0.1) is 6.92 Å². The van der Waals surface area contributed by atoms with Gasteiger partial charge in [-0.05, 0) is 44.5 Å². The molecule has 1 unspecified atom stereocenters. The Bertz CT molecular complexity index is 647. The summed E-state index contributed by atoms with van der Waals surface area (Å²) in [6, 6.07) is 10.5. The van der Waals surface area contributed by atoms with Crippen LogP contribution in [0.4, 0.5) is 0 Å². The Morgan fingerprint density at radius 1 is 1.19 bits per heavy atom. The first-order valence-corrected chi connectivity index (χ1v) is 7.02. The molecular formula is C16H21N3O2. The Kier molecular flexibility index (Phi) is 4.75. The second kappa shape index (κ2) is 6.54. The fraction of sp³-hybridized carbons (Fsp3) is 0.375. The smallest absolute Gasteiger partial charge is 0.266 e. The molecule has 0 bridgehead atoms. The number of hydrogen-bond acceptors (Lipinski definition) is 4. The maximum atomic E-state index is 11.7. The normalized spacial score (nSPS) is 12.4. The van der Waals surface area contributed by atoms with Crippen molar-refractivity contribution in [1.82, 2.24) is 9.78 Å². The second-order valence-corrected chi connectivity index (χ2v) is 5.34. The summed E-state index contributed by atoms with van der Waals surface area (Å²) in [6.07, 6.45) is 0.139. The van der Waals surface area contributed by atoms with Crippen molar-refractivity contribution < 1.29 is 4.74 Å². The SMILES string of the molecule is Cc1ccc(=O)n(CC(N)c2ccc(OC(C)C)cc2)n1. The second-order valence-electron chi connectivity index (χ2n) is 5.34. The van der Waals surface area contributed by atoms with Gasteiger partial charge in [-0.1, -0.05) is 12.1 Å². The van der Waals surface area contributed by atoms with Crippen LogP contribution in [0.2, 0.25) is 0 Å². The molecule has 0 spiro atoms.